The number of nitrogens with one attached hydrogen (secondary N) is 1. The highest BCUT2D eigenvalue weighted by molar-refractivity contribution is 7.99. The summed E-state index contributed by atoms with van der Waals surface area (Å²) in [5.74, 6) is 1.22. The molecule has 3 nitrogen and oxygen atoms in total. The number of thioether (sulfide) groups is 1. The van der Waals surface area contributed by atoms with Crippen LogP contribution in [0.3, 0.4) is 0 Å². The van der Waals surface area contributed by atoms with Crippen LogP contribution in [0.5, 0.6) is 0 Å². The minimum atomic E-state index is 0.0863. The van der Waals surface area contributed by atoms with Gasteiger partial charge >= 0.3 is 0 Å². The number of hydrogen-bond donors (Lipinski definition) is 2. The predicted molar refractivity (Wildman–Crippen MR) is 75.7 cm³/mol. The molecule has 1 aromatic rings. The van der Waals surface area contributed by atoms with Gasteiger partial charge in [0.1, 0.15) is 0 Å². The van der Waals surface area contributed by atoms with E-state index in [1.165, 1.54) is 4.90 Å². The largest absolute Gasteiger partial charge is 0.396 e. The number of rotatable bonds is 8. The van der Waals surface area contributed by atoms with Crippen LogP contribution in [-0.4, -0.2) is 29.9 Å². The number of amides is 1. The van der Waals surface area contributed by atoms with Crippen molar-refractivity contribution in [1.82, 2.24) is 5.32 Å². The average molecular weight is 267 g/mol. The first-order chi connectivity index (χ1) is 8.72. The van der Waals surface area contributed by atoms with Crippen molar-refractivity contribution < 1.29 is 9.90 Å². The van der Waals surface area contributed by atoms with Gasteiger partial charge in [-0.15, -0.1) is 11.8 Å². The summed E-state index contributed by atoms with van der Waals surface area (Å²) in [6.45, 7) is 2.85. The number of aliphatic hydroxyl groups excluding tert-OH is 1. The van der Waals surface area contributed by atoms with Crippen molar-refractivity contribution in [3.05, 3.63) is 30.3 Å². The molecule has 1 atom stereocenters. The zero-order valence-corrected chi connectivity index (χ0v) is 11.6. The molecule has 0 heterocycles. The molecule has 1 amide bonds. The number of benzene rings is 1. The van der Waals surface area contributed by atoms with Crippen LogP contribution in [0.15, 0.2) is 35.2 Å². The first-order valence-corrected chi connectivity index (χ1v) is 7.26. The number of carbonyl (C=O) groups excluding carboxylic acids is 1. The third kappa shape index (κ3) is 6.67. The molecular formula is C14H21NO2S. The summed E-state index contributed by atoms with van der Waals surface area (Å²) in [5.41, 5.74) is 0. The monoisotopic (exact) mass is 267 g/mol. The minimum absolute atomic E-state index is 0.0863. The van der Waals surface area contributed by atoms with Crippen molar-refractivity contribution in [3.63, 3.8) is 0 Å². The molecule has 1 unspecified atom stereocenters. The predicted octanol–water partition coefficient (Wildman–Crippen LogP) is 2.30. The lowest BCUT2D eigenvalue weighted by atomic mass is 10.1. The average Bonchev–Trinajstić information content (AvgIpc) is 2.38. The van der Waals surface area contributed by atoms with Crippen molar-refractivity contribution in [3.8, 4) is 0 Å². The third-order valence-electron chi connectivity index (χ3n) is 2.61. The molecule has 0 bridgehead atoms. The van der Waals surface area contributed by atoms with E-state index in [2.05, 4.69) is 5.32 Å². The van der Waals surface area contributed by atoms with E-state index in [1.54, 1.807) is 11.8 Å². The summed E-state index contributed by atoms with van der Waals surface area (Å²) in [4.78, 5) is 12.7. The second-order valence-corrected chi connectivity index (χ2v) is 5.50. The van der Waals surface area contributed by atoms with E-state index in [0.29, 0.717) is 18.9 Å². The maximum absolute atomic E-state index is 11.6. The van der Waals surface area contributed by atoms with Crippen molar-refractivity contribution >= 4 is 17.7 Å². The van der Waals surface area contributed by atoms with E-state index in [4.69, 9.17) is 5.11 Å². The van der Waals surface area contributed by atoms with Crippen molar-refractivity contribution in [2.45, 2.75) is 24.7 Å². The van der Waals surface area contributed by atoms with E-state index in [0.717, 1.165) is 12.2 Å². The fourth-order valence-corrected chi connectivity index (χ4v) is 2.35. The minimum Gasteiger partial charge on any atom is -0.396 e. The van der Waals surface area contributed by atoms with Gasteiger partial charge in [-0.25, -0.2) is 0 Å². The molecule has 1 aromatic carbocycles. The highest BCUT2D eigenvalue weighted by Crippen LogP contribution is 2.17. The Kier molecular flexibility index (Phi) is 7.53. The van der Waals surface area contributed by atoms with Crippen LogP contribution in [-0.2, 0) is 4.79 Å². The number of carbonyl (C=O) groups is 1. The van der Waals surface area contributed by atoms with Gasteiger partial charge in [0.05, 0.1) is 0 Å². The zero-order valence-electron chi connectivity index (χ0n) is 10.8. The van der Waals surface area contributed by atoms with Gasteiger partial charge in [-0.1, -0.05) is 25.1 Å². The fourth-order valence-electron chi connectivity index (χ4n) is 1.48. The molecule has 0 aliphatic heterocycles. The van der Waals surface area contributed by atoms with Gasteiger partial charge in [0.2, 0.25) is 5.91 Å². The zero-order chi connectivity index (χ0) is 13.2. The Bertz CT molecular complexity index is 343. The normalized spacial score (nSPS) is 12.1. The van der Waals surface area contributed by atoms with Crippen LogP contribution < -0.4 is 5.32 Å². The van der Waals surface area contributed by atoms with Gasteiger partial charge in [-0.2, -0.15) is 0 Å². The smallest absolute Gasteiger partial charge is 0.220 e. The van der Waals surface area contributed by atoms with E-state index >= 15 is 0 Å². The van der Waals surface area contributed by atoms with Crippen LogP contribution in [0.1, 0.15) is 19.8 Å². The van der Waals surface area contributed by atoms with Crippen molar-refractivity contribution in [1.29, 1.82) is 0 Å². The molecule has 2 N–H and O–H groups in total. The lowest BCUT2D eigenvalue weighted by Crippen LogP contribution is -2.28. The van der Waals surface area contributed by atoms with Gasteiger partial charge < -0.3 is 10.4 Å². The Morgan fingerprint density at radius 3 is 2.78 bits per heavy atom. The Hall–Kier alpha value is -1.00. The van der Waals surface area contributed by atoms with E-state index in [1.807, 2.05) is 37.3 Å². The molecule has 0 aliphatic carbocycles. The van der Waals surface area contributed by atoms with Crippen LogP contribution in [0.4, 0.5) is 0 Å². The maximum atomic E-state index is 11.6. The summed E-state index contributed by atoms with van der Waals surface area (Å²) in [5, 5.41) is 11.6. The second-order valence-electron chi connectivity index (χ2n) is 4.33. The molecule has 1 rings (SSSR count). The van der Waals surface area contributed by atoms with Crippen molar-refractivity contribution in [2.75, 3.05) is 18.9 Å². The number of aliphatic hydroxyl groups is 1. The topological polar surface area (TPSA) is 49.3 Å². The Morgan fingerprint density at radius 2 is 2.11 bits per heavy atom. The fraction of sp³-hybridized carbons (Fsp3) is 0.500. The van der Waals surface area contributed by atoms with Crippen molar-refractivity contribution in [2.24, 2.45) is 5.92 Å². The molecule has 0 radical (unpaired) electrons. The maximum Gasteiger partial charge on any atom is 0.220 e. The van der Waals surface area contributed by atoms with Crippen LogP contribution in [0.25, 0.3) is 0 Å². The van der Waals surface area contributed by atoms with E-state index in [9.17, 15) is 4.79 Å². The van der Waals surface area contributed by atoms with Gasteiger partial charge in [0.15, 0.2) is 0 Å². The third-order valence-corrected chi connectivity index (χ3v) is 3.62. The van der Waals surface area contributed by atoms with E-state index in [-0.39, 0.29) is 12.5 Å². The van der Waals surface area contributed by atoms with Gasteiger partial charge in [-0.3, -0.25) is 4.79 Å². The molecule has 0 spiro atoms. The molecule has 0 fully saturated rings. The molecular weight excluding hydrogens is 246 g/mol. The van der Waals surface area contributed by atoms with Gasteiger partial charge in [0.25, 0.3) is 0 Å². The molecule has 4 heteroatoms. The highest BCUT2D eigenvalue weighted by atomic mass is 32.2. The summed E-state index contributed by atoms with van der Waals surface area (Å²) in [6, 6.07) is 10.1. The first-order valence-electron chi connectivity index (χ1n) is 6.27. The first kappa shape index (κ1) is 15.1. The summed E-state index contributed by atoms with van der Waals surface area (Å²) < 4.78 is 0. The molecule has 0 aromatic heterocycles. The molecule has 0 saturated carbocycles. The summed E-state index contributed by atoms with van der Waals surface area (Å²) >= 11 is 1.69. The second kappa shape index (κ2) is 9.00. The molecule has 18 heavy (non-hydrogen) atoms. The number of hydrogen-bond acceptors (Lipinski definition) is 3. The summed E-state index contributed by atoms with van der Waals surface area (Å²) in [7, 11) is 0. The Balaban J connectivity index is 2.10. The lowest BCUT2D eigenvalue weighted by Gasteiger charge is -2.10. The SMILES string of the molecule is CC(CCO)CNC(=O)CCSc1ccccc1. The summed E-state index contributed by atoms with van der Waals surface area (Å²) in [6.07, 6.45) is 1.27. The standard InChI is InChI=1S/C14H21NO2S/c1-12(7-9-16)11-15-14(17)8-10-18-13-5-3-2-4-6-13/h2-6,12,16H,7-11H2,1H3,(H,15,17). The highest BCUT2D eigenvalue weighted by Gasteiger charge is 2.05. The quantitative estimate of drug-likeness (QED) is 0.711. The lowest BCUT2D eigenvalue weighted by molar-refractivity contribution is -0.120. The van der Waals surface area contributed by atoms with Crippen LogP contribution >= 0.6 is 11.8 Å². The van der Waals surface area contributed by atoms with Gasteiger partial charge in [0, 0.05) is 30.2 Å². The Labute approximate surface area is 113 Å². The molecule has 100 valence electrons. The van der Waals surface area contributed by atoms with Gasteiger partial charge in [-0.05, 0) is 24.5 Å². The van der Waals surface area contributed by atoms with Crippen LogP contribution in [0, 0.1) is 5.92 Å². The molecule has 0 aliphatic rings. The van der Waals surface area contributed by atoms with Crippen LogP contribution in [0.2, 0.25) is 0 Å². The Morgan fingerprint density at radius 1 is 1.39 bits per heavy atom. The molecule has 0 saturated heterocycles. The van der Waals surface area contributed by atoms with E-state index < -0.39 is 0 Å².